The molecule has 0 bridgehead atoms. The summed E-state index contributed by atoms with van der Waals surface area (Å²) < 4.78 is 4.93. The van der Waals surface area contributed by atoms with Gasteiger partial charge in [0.15, 0.2) is 0 Å². The van der Waals surface area contributed by atoms with Gasteiger partial charge in [0.2, 0.25) is 0 Å². The molecule has 0 heterocycles. The van der Waals surface area contributed by atoms with Gasteiger partial charge in [0.05, 0.1) is 6.61 Å². The Kier molecular flexibility index (Phi) is 8.68. The molecule has 1 aromatic rings. The Morgan fingerprint density at radius 3 is 2.58 bits per heavy atom. The quantitative estimate of drug-likeness (QED) is 0.702. The lowest BCUT2D eigenvalue weighted by molar-refractivity contribution is 0.0943. The van der Waals surface area contributed by atoms with Gasteiger partial charge in [-0.2, -0.15) is 0 Å². The summed E-state index contributed by atoms with van der Waals surface area (Å²) in [4.78, 5) is 25.2. The first-order valence-corrected chi connectivity index (χ1v) is 9.45. The molecule has 5 nitrogen and oxygen atoms in total. The van der Waals surface area contributed by atoms with Crippen molar-refractivity contribution in [1.29, 1.82) is 0 Å². The number of rotatable bonds is 8. The topological polar surface area (TPSA) is 67.4 Å². The highest BCUT2D eigenvalue weighted by molar-refractivity contribution is 7.98. The maximum absolute atomic E-state index is 12.5. The number of carbonyl (C=O) groups is 2. The molecule has 0 aliphatic heterocycles. The van der Waals surface area contributed by atoms with E-state index in [1.54, 1.807) is 18.7 Å². The van der Waals surface area contributed by atoms with E-state index in [2.05, 4.69) is 24.5 Å². The van der Waals surface area contributed by atoms with Gasteiger partial charge in [0, 0.05) is 23.0 Å². The van der Waals surface area contributed by atoms with Gasteiger partial charge in [0.25, 0.3) is 5.91 Å². The van der Waals surface area contributed by atoms with Crippen molar-refractivity contribution in [1.82, 2.24) is 10.6 Å². The van der Waals surface area contributed by atoms with Crippen LogP contribution < -0.4 is 10.6 Å². The van der Waals surface area contributed by atoms with E-state index in [1.165, 1.54) is 0 Å². The van der Waals surface area contributed by atoms with Crippen LogP contribution in [0.5, 0.6) is 0 Å². The summed E-state index contributed by atoms with van der Waals surface area (Å²) in [7, 11) is 0. The number of alkyl carbamates (subject to hydrolysis) is 1. The van der Waals surface area contributed by atoms with Crippen LogP contribution in [0, 0.1) is 12.8 Å². The lowest BCUT2D eigenvalue weighted by atomic mass is 10.0. The average Bonchev–Trinajstić information content (AvgIpc) is 2.52. The Morgan fingerprint density at radius 1 is 1.29 bits per heavy atom. The van der Waals surface area contributed by atoms with Crippen LogP contribution in [-0.4, -0.2) is 37.4 Å². The number of thioether (sulfide) groups is 1. The van der Waals surface area contributed by atoms with E-state index >= 15 is 0 Å². The molecule has 0 saturated carbocycles. The van der Waals surface area contributed by atoms with Crippen LogP contribution >= 0.6 is 11.8 Å². The van der Waals surface area contributed by atoms with Crippen LogP contribution in [0.4, 0.5) is 4.79 Å². The molecule has 134 valence electrons. The maximum Gasteiger partial charge on any atom is 0.407 e. The van der Waals surface area contributed by atoms with Crippen LogP contribution in [0.15, 0.2) is 23.1 Å². The highest BCUT2D eigenvalue weighted by atomic mass is 32.2. The molecule has 1 atom stereocenters. The number of carbonyl (C=O) groups excluding carboxylic acids is 2. The number of hydrogen-bond acceptors (Lipinski definition) is 4. The first kappa shape index (κ1) is 20.4. The fourth-order valence-electron chi connectivity index (χ4n) is 2.39. The minimum Gasteiger partial charge on any atom is -0.450 e. The molecule has 0 fully saturated rings. The monoisotopic (exact) mass is 352 g/mol. The molecule has 2 N–H and O–H groups in total. The van der Waals surface area contributed by atoms with E-state index in [1.807, 2.05) is 31.4 Å². The fourth-order valence-corrected chi connectivity index (χ4v) is 2.83. The van der Waals surface area contributed by atoms with Gasteiger partial charge in [-0.3, -0.25) is 4.79 Å². The Hall–Kier alpha value is -1.69. The summed E-state index contributed by atoms with van der Waals surface area (Å²) in [5.41, 5.74) is 1.60. The molecule has 6 heteroatoms. The van der Waals surface area contributed by atoms with Crippen LogP contribution in [0.25, 0.3) is 0 Å². The van der Waals surface area contributed by atoms with E-state index in [9.17, 15) is 9.59 Å². The van der Waals surface area contributed by atoms with E-state index in [0.29, 0.717) is 24.6 Å². The van der Waals surface area contributed by atoms with Crippen LogP contribution in [-0.2, 0) is 4.74 Å². The summed E-state index contributed by atoms with van der Waals surface area (Å²) in [5, 5.41) is 5.74. The minimum atomic E-state index is -0.446. The molecule has 0 radical (unpaired) electrons. The number of hydrogen-bond donors (Lipinski definition) is 2. The normalized spacial score (nSPS) is 11.9. The smallest absolute Gasteiger partial charge is 0.407 e. The van der Waals surface area contributed by atoms with Crippen molar-refractivity contribution in [3.63, 3.8) is 0 Å². The standard InChI is InChI=1S/C18H28N2O3S/c1-6-23-18(22)20-14(9-12(2)3)11-19-17(21)16-10-15(24-5)8-7-13(16)4/h7-8,10,12,14H,6,9,11H2,1-5H3,(H,19,21)(H,20,22). The molecule has 0 aliphatic rings. The molecule has 0 aliphatic carbocycles. The largest absolute Gasteiger partial charge is 0.450 e. The Bertz CT molecular complexity index is 561. The van der Waals surface area contributed by atoms with Crippen LogP contribution in [0.3, 0.4) is 0 Å². The van der Waals surface area contributed by atoms with Crippen molar-refractivity contribution in [2.45, 2.75) is 45.1 Å². The van der Waals surface area contributed by atoms with E-state index in [4.69, 9.17) is 4.74 Å². The van der Waals surface area contributed by atoms with Crippen molar-refractivity contribution in [3.05, 3.63) is 29.3 Å². The number of benzene rings is 1. The van der Waals surface area contributed by atoms with Gasteiger partial charge >= 0.3 is 6.09 Å². The zero-order chi connectivity index (χ0) is 18.1. The van der Waals surface area contributed by atoms with Crippen molar-refractivity contribution < 1.29 is 14.3 Å². The highest BCUT2D eigenvalue weighted by Crippen LogP contribution is 2.19. The molecule has 2 amide bonds. The second-order valence-electron chi connectivity index (χ2n) is 6.08. The van der Waals surface area contributed by atoms with Gasteiger partial charge < -0.3 is 15.4 Å². The van der Waals surface area contributed by atoms with Gasteiger partial charge in [0.1, 0.15) is 0 Å². The highest BCUT2D eigenvalue weighted by Gasteiger charge is 2.17. The van der Waals surface area contributed by atoms with Crippen LogP contribution in [0.1, 0.15) is 43.1 Å². The maximum atomic E-state index is 12.5. The number of aryl methyl sites for hydroxylation is 1. The number of amides is 2. The Balaban J connectivity index is 2.71. The van der Waals surface area contributed by atoms with Crippen molar-refractivity contribution >= 4 is 23.8 Å². The predicted molar refractivity (Wildman–Crippen MR) is 98.7 cm³/mol. The first-order chi connectivity index (χ1) is 11.4. The Labute approximate surface area is 148 Å². The second-order valence-corrected chi connectivity index (χ2v) is 6.96. The van der Waals surface area contributed by atoms with Gasteiger partial charge in [-0.15, -0.1) is 11.8 Å². The zero-order valence-electron chi connectivity index (χ0n) is 15.1. The third kappa shape index (κ3) is 6.83. The summed E-state index contributed by atoms with van der Waals surface area (Å²) >= 11 is 1.60. The third-order valence-corrected chi connectivity index (χ3v) is 4.28. The summed E-state index contributed by atoms with van der Waals surface area (Å²) in [6.45, 7) is 8.54. The molecule has 0 saturated heterocycles. The molecule has 24 heavy (non-hydrogen) atoms. The third-order valence-electron chi connectivity index (χ3n) is 3.55. The average molecular weight is 353 g/mol. The fraction of sp³-hybridized carbons (Fsp3) is 0.556. The number of ether oxygens (including phenoxy) is 1. The van der Waals surface area contributed by atoms with E-state index in [-0.39, 0.29) is 11.9 Å². The first-order valence-electron chi connectivity index (χ1n) is 8.23. The lowest BCUT2D eigenvalue weighted by Gasteiger charge is -2.21. The second kappa shape index (κ2) is 10.2. The Morgan fingerprint density at radius 2 is 2.00 bits per heavy atom. The molecule has 0 aromatic heterocycles. The minimum absolute atomic E-state index is 0.122. The van der Waals surface area contributed by atoms with Crippen molar-refractivity contribution in [2.75, 3.05) is 19.4 Å². The van der Waals surface area contributed by atoms with E-state index < -0.39 is 6.09 Å². The molecule has 0 spiro atoms. The van der Waals surface area contributed by atoms with Crippen LogP contribution in [0.2, 0.25) is 0 Å². The number of nitrogens with one attached hydrogen (secondary N) is 2. The van der Waals surface area contributed by atoms with Crippen molar-refractivity contribution in [3.8, 4) is 0 Å². The molecular weight excluding hydrogens is 324 g/mol. The summed E-state index contributed by atoms with van der Waals surface area (Å²) in [5.74, 6) is 0.276. The molecule has 1 rings (SSSR count). The van der Waals surface area contributed by atoms with Gasteiger partial charge in [-0.1, -0.05) is 19.9 Å². The molecular formula is C18H28N2O3S. The zero-order valence-corrected chi connectivity index (χ0v) is 16.0. The lowest BCUT2D eigenvalue weighted by Crippen LogP contribution is -2.44. The predicted octanol–water partition coefficient (Wildman–Crippen LogP) is 3.61. The van der Waals surface area contributed by atoms with Crippen molar-refractivity contribution in [2.24, 2.45) is 5.92 Å². The summed E-state index contributed by atoms with van der Waals surface area (Å²) in [6, 6.07) is 5.69. The summed E-state index contributed by atoms with van der Waals surface area (Å²) in [6.07, 6.45) is 2.30. The molecule has 1 unspecified atom stereocenters. The van der Waals surface area contributed by atoms with Gasteiger partial charge in [-0.25, -0.2) is 4.79 Å². The van der Waals surface area contributed by atoms with E-state index in [0.717, 1.165) is 16.9 Å². The van der Waals surface area contributed by atoms with Gasteiger partial charge in [-0.05, 0) is 50.1 Å². The molecule has 1 aromatic carbocycles. The SMILES string of the molecule is CCOC(=O)NC(CNC(=O)c1cc(SC)ccc1C)CC(C)C.